The molecule has 0 spiro atoms. The Bertz CT molecular complexity index is 483. The number of pyridine rings is 1. The minimum absolute atomic E-state index is 0.0516. The van der Waals surface area contributed by atoms with Crippen molar-refractivity contribution in [3.63, 3.8) is 0 Å². The SMILES string of the molecule is CCN1CCC(N(C)Cc2ccnc(C(N)=NO)c2)CC1. The van der Waals surface area contributed by atoms with Crippen LogP contribution in [0.3, 0.4) is 0 Å². The number of nitrogens with two attached hydrogens (primary N) is 1. The Balaban J connectivity index is 1.95. The molecule has 1 fully saturated rings. The minimum atomic E-state index is 0.0516. The molecule has 6 heteroatoms. The van der Waals surface area contributed by atoms with Crippen molar-refractivity contribution in [2.75, 3.05) is 26.7 Å². The van der Waals surface area contributed by atoms with Crippen molar-refractivity contribution in [1.29, 1.82) is 0 Å². The summed E-state index contributed by atoms with van der Waals surface area (Å²) < 4.78 is 0. The molecule has 1 aromatic rings. The van der Waals surface area contributed by atoms with Crippen LogP contribution < -0.4 is 5.73 Å². The number of piperidine rings is 1. The molecular weight excluding hydrogens is 266 g/mol. The normalized spacial score (nSPS) is 18.3. The molecular formula is C15H25N5O. The fourth-order valence-electron chi connectivity index (χ4n) is 2.86. The fraction of sp³-hybridized carbons (Fsp3) is 0.600. The number of hydrogen-bond donors (Lipinski definition) is 2. The summed E-state index contributed by atoms with van der Waals surface area (Å²) in [6.45, 7) is 6.57. The summed E-state index contributed by atoms with van der Waals surface area (Å²) in [4.78, 5) is 8.99. The Morgan fingerprint density at radius 1 is 1.52 bits per heavy atom. The molecule has 0 aromatic carbocycles. The molecule has 0 bridgehead atoms. The lowest BCUT2D eigenvalue weighted by molar-refractivity contribution is 0.127. The van der Waals surface area contributed by atoms with Gasteiger partial charge >= 0.3 is 0 Å². The largest absolute Gasteiger partial charge is 0.409 e. The molecule has 0 atom stereocenters. The molecule has 0 radical (unpaired) electrons. The molecule has 1 aliphatic heterocycles. The van der Waals surface area contributed by atoms with Crippen LogP contribution in [0.25, 0.3) is 0 Å². The van der Waals surface area contributed by atoms with E-state index in [0.717, 1.165) is 18.7 Å². The predicted molar refractivity (Wildman–Crippen MR) is 83.4 cm³/mol. The van der Waals surface area contributed by atoms with Crippen LogP contribution in [-0.4, -0.2) is 58.6 Å². The van der Waals surface area contributed by atoms with Crippen LogP contribution in [0.15, 0.2) is 23.5 Å². The van der Waals surface area contributed by atoms with Gasteiger partial charge in [0, 0.05) is 18.8 Å². The van der Waals surface area contributed by atoms with E-state index in [9.17, 15) is 0 Å². The molecule has 1 aliphatic rings. The highest BCUT2D eigenvalue weighted by molar-refractivity contribution is 5.95. The van der Waals surface area contributed by atoms with Crippen molar-refractivity contribution in [1.82, 2.24) is 14.8 Å². The molecule has 3 N–H and O–H groups in total. The molecule has 1 aromatic heterocycles. The van der Waals surface area contributed by atoms with Crippen LogP contribution in [0, 0.1) is 0 Å². The Kier molecular flexibility index (Phi) is 5.52. The molecule has 116 valence electrons. The number of nitrogens with zero attached hydrogens (tertiary/aromatic N) is 4. The highest BCUT2D eigenvalue weighted by Gasteiger charge is 2.21. The molecule has 2 heterocycles. The zero-order valence-electron chi connectivity index (χ0n) is 12.9. The highest BCUT2D eigenvalue weighted by Crippen LogP contribution is 2.17. The van der Waals surface area contributed by atoms with Crippen LogP contribution in [0.2, 0.25) is 0 Å². The topological polar surface area (TPSA) is 78.0 Å². The summed E-state index contributed by atoms with van der Waals surface area (Å²) in [6, 6.07) is 4.48. The van der Waals surface area contributed by atoms with E-state index >= 15 is 0 Å². The smallest absolute Gasteiger partial charge is 0.188 e. The first-order valence-electron chi connectivity index (χ1n) is 7.49. The van der Waals surface area contributed by atoms with Crippen LogP contribution in [0.5, 0.6) is 0 Å². The number of rotatable bonds is 5. The van der Waals surface area contributed by atoms with Crippen LogP contribution >= 0.6 is 0 Å². The van der Waals surface area contributed by atoms with Gasteiger partial charge in [0.1, 0.15) is 5.69 Å². The summed E-state index contributed by atoms with van der Waals surface area (Å²) in [5, 5.41) is 11.7. The van der Waals surface area contributed by atoms with Crippen LogP contribution in [0.1, 0.15) is 31.0 Å². The lowest BCUT2D eigenvalue weighted by atomic mass is 10.0. The van der Waals surface area contributed by atoms with Gasteiger partial charge in [-0.25, -0.2) is 0 Å². The van der Waals surface area contributed by atoms with Crippen molar-refractivity contribution in [2.45, 2.75) is 32.4 Å². The summed E-state index contributed by atoms with van der Waals surface area (Å²) >= 11 is 0. The zero-order valence-corrected chi connectivity index (χ0v) is 12.9. The first-order valence-corrected chi connectivity index (χ1v) is 7.49. The first kappa shape index (κ1) is 15.7. The van der Waals surface area contributed by atoms with Gasteiger partial charge in [-0.05, 0) is 57.2 Å². The van der Waals surface area contributed by atoms with E-state index in [1.54, 1.807) is 6.20 Å². The average molecular weight is 291 g/mol. The zero-order chi connectivity index (χ0) is 15.2. The van der Waals surface area contributed by atoms with Crippen molar-refractivity contribution in [2.24, 2.45) is 10.9 Å². The first-order chi connectivity index (χ1) is 10.1. The lowest BCUT2D eigenvalue weighted by Gasteiger charge is -2.36. The third-order valence-corrected chi connectivity index (χ3v) is 4.25. The van der Waals surface area contributed by atoms with Gasteiger partial charge in [0.05, 0.1) is 0 Å². The number of oxime groups is 1. The van der Waals surface area contributed by atoms with E-state index in [0.29, 0.717) is 11.7 Å². The molecule has 6 nitrogen and oxygen atoms in total. The quantitative estimate of drug-likeness (QED) is 0.367. The number of hydrogen-bond acceptors (Lipinski definition) is 5. The van der Waals surface area contributed by atoms with Gasteiger partial charge in [0.15, 0.2) is 5.84 Å². The summed E-state index contributed by atoms with van der Waals surface area (Å²) in [5.41, 5.74) is 7.24. The van der Waals surface area contributed by atoms with Crippen LogP contribution in [0.4, 0.5) is 0 Å². The Hall–Kier alpha value is -1.66. The van der Waals surface area contributed by atoms with Gasteiger partial charge in [0.25, 0.3) is 0 Å². The summed E-state index contributed by atoms with van der Waals surface area (Å²) in [6.07, 6.45) is 4.13. The standard InChI is InChI=1S/C15H25N5O/c1-3-20-8-5-13(6-9-20)19(2)11-12-4-7-17-14(10-12)15(16)18-21/h4,7,10,13,21H,3,5-6,8-9,11H2,1-2H3,(H2,16,18). The molecule has 0 aliphatic carbocycles. The fourth-order valence-corrected chi connectivity index (χ4v) is 2.86. The molecule has 0 saturated carbocycles. The third kappa shape index (κ3) is 4.15. The predicted octanol–water partition coefficient (Wildman–Crippen LogP) is 1.09. The summed E-state index contributed by atoms with van der Waals surface area (Å²) in [7, 11) is 2.16. The van der Waals surface area contributed by atoms with E-state index in [1.807, 2.05) is 12.1 Å². The van der Waals surface area contributed by atoms with Gasteiger partial charge in [-0.2, -0.15) is 0 Å². The van der Waals surface area contributed by atoms with Crippen molar-refractivity contribution in [3.8, 4) is 0 Å². The number of amidine groups is 1. The van der Waals surface area contributed by atoms with Gasteiger partial charge in [-0.3, -0.25) is 9.88 Å². The summed E-state index contributed by atoms with van der Waals surface area (Å²) in [5.74, 6) is 0.0516. The molecule has 0 amide bonds. The monoisotopic (exact) mass is 291 g/mol. The van der Waals surface area contributed by atoms with Crippen molar-refractivity contribution in [3.05, 3.63) is 29.6 Å². The van der Waals surface area contributed by atoms with Crippen LogP contribution in [-0.2, 0) is 6.54 Å². The van der Waals surface area contributed by atoms with E-state index in [-0.39, 0.29) is 5.84 Å². The second kappa shape index (κ2) is 7.38. The third-order valence-electron chi connectivity index (χ3n) is 4.25. The molecule has 2 rings (SSSR count). The number of aromatic nitrogens is 1. The molecule has 0 unspecified atom stereocenters. The van der Waals surface area contributed by atoms with Gasteiger partial charge in [-0.15, -0.1) is 0 Å². The van der Waals surface area contributed by atoms with Crippen molar-refractivity contribution >= 4 is 5.84 Å². The maximum absolute atomic E-state index is 8.72. The van der Waals surface area contributed by atoms with E-state index in [2.05, 4.69) is 33.9 Å². The molecule has 21 heavy (non-hydrogen) atoms. The average Bonchev–Trinajstić information content (AvgIpc) is 2.54. The van der Waals surface area contributed by atoms with Crippen molar-refractivity contribution < 1.29 is 5.21 Å². The van der Waals surface area contributed by atoms with Gasteiger partial charge < -0.3 is 15.8 Å². The lowest BCUT2D eigenvalue weighted by Crippen LogP contribution is -2.42. The second-order valence-corrected chi connectivity index (χ2v) is 5.62. The molecule has 1 saturated heterocycles. The van der Waals surface area contributed by atoms with E-state index in [4.69, 9.17) is 10.9 Å². The Morgan fingerprint density at radius 2 is 2.24 bits per heavy atom. The maximum Gasteiger partial charge on any atom is 0.188 e. The highest BCUT2D eigenvalue weighted by atomic mass is 16.4. The van der Waals surface area contributed by atoms with E-state index < -0.39 is 0 Å². The second-order valence-electron chi connectivity index (χ2n) is 5.62. The number of likely N-dealkylation sites (tertiary alicyclic amines) is 1. The maximum atomic E-state index is 8.72. The van der Waals surface area contributed by atoms with E-state index in [1.165, 1.54) is 25.9 Å². The Labute approximate surface area is 126 Å². The van der Waals surface area contributed by atoms with Gasteiger partial charge in [0.2, 0.25) is 0 Å². The van der Waals surface area contributed by atoms with Gasteiger partial charge in [-0.1, -0.05) is 12.1 Å². The minimum Gasteiger partial charge on any atom is -0.409 e. The Morgan fingerprint density at radius 3 is 2.86 bits per heavy atom.